The van der Waals surface area contributed by atoms with Gasteiger partial charge in [0.25, 0.3) is 0 Å². The topological polar surface area (TPSA) is 56.0 Å². The highest BCUT2D eigenvalue weighted by molar-refractivity contribution is 5.47. The number of aromatic nitrogens is 2. The molecule has 2 aromatic heterocycles. The van der Waals surface area contributed by atoms with Crippen molar-refractivity contribution in [1.82, 2.24) is 9.38 Å². The number of ether oxygens (including phenoxy) is 2. The molecule has 1 aliphatic heterocycles. The number of aliphatic hydroxyl groups is 1. The van der Waals surface area contributed by atoms with E-state index in [0.717, 1.165) is 11.2 Å². The summed E-state index contributed by atoms with van der Waals surface area (Å²) >= 11 is 0. The molecule has 106 valence electrons. The Hall–Kier alpha value is -2.53. The molecule has 1 atom stereocenters. The Morgan fingerprint density at radius 3 is 2.81 bits per heavy atom. The van der Waals surface area contributed by atoms with Crippen LogP contribution in [0.4, 0.5) is 0 Å². The molecule has 3 aromatic rings. The fourth-order valence-electron chi connectivity index (χ4n) is 2.49. The number of hydrogen-bond donors (Lipinski definition) is 1. The standard InChI is InChI=1S/C16H14N2O3/c19-16(12-10-18-6-2-1-3-15(18)17-12)11-4-5-13-14(9-11)21-8-7-20-13/h1-6,9-10,16,19H,7-8H2. The molecule has 0 aliphatic carbocycles. The summed E-state index contributed by atoms with van der Waals surface area (Å²) in [4.78, 5) is 4.44. The molecule has 5 heteroatoms. The second kappa shape index (κ2) is 4.79. The van der Waals surface area contributed by atoms with Crippen LogP contribution in [0.3, 0.4) is 0 Å². The van der Waals surface area contributed by atoms with Gasteiger partial charge in [-0.05, 0) is 29.8 Å². The van der Waals surface area contributed by atoms with Gasteiger partial charge in [-0.1, -0.05) is 12.1 Å². The summed E-state index contributed by atoms with van der Waals surface area (Å²) in [5.41, 5.74) is 2.16. The van der Waals surface area contributed by atoms with Crippen LogP contribution < -0.4 is 9.47 Å². The summed E-state index contributed by atoms with van der Waals surface area (Å²) in [6, 6.07) is 11.2. The first-order chi connectivity index (χ1) is 10.3. The molecule has 1 unspecified atom stereocenters. The van der Waals surface area contributed by atoms with Crippen molar-refractivity contribution in [2.24, 2.45) is 0 Å². The number of imidazole rings is 1. The van der Waals surface area contributed by atoms with Gasteiger partial charge in [-0.15, -0.1) is 0 Å². The molecule has 0 fully saturated rings. The summed E-state index contributed by atoms with van der Waals surface area (Å²) in [5, 5.41) is 10.5. The van der Waals surface area contributed by atoms with E-state index in [1.54, 1.807) is 0 Å². The third-order valence-corrected chi connectivity index (χ3v) is 3.54. The molecule has 21 heavy (non-hydrogen) atoms. The van der Waals surface area contributed by atoms with Gasteiger partial charge in [0.05, 0.1) is 5.69 Å². The van der Waals surface area contributed by atoms with Gasteiger partial charge in [0.15, 0.2) is 11.5 Å². The van der Waals surface area contributed by atoms with E-state index < -0.39 is 6.10 Å². The molecule has 0 saturated carbocycles. The zero-order chi connectivity index (χ0) is 14.2. The first-order valence-electron chi connectivity index (χ1n) is 6.82. The van der Waals surface area contributed by atoms with E-state index in [-0.39, 0.29) is 0 Å². The summed E-state index contributed by atoms with van der Waals surface area (Å²) in [6.45, 7) is 1.09. The van der Waals surface area contributed by atoms with Crippen LogP contribution in [0.1, 0.15) is 17.4 Å². The largest absolute Gasteiger partial charge is 0.486 e. The lowest BCUT2D eigenvalue weighted by atomic mass is 10.1. The lowest BCUT2D eigenvalue weighted by Crippen LogP contribution is -2.15. The second-order valence-electron chi connectivity index (χ2n) is 4.94. The average molecular weight is 282 g/mol. The Kier molecular flexibility index (Phi) is 2.79. The molecule has 0 amide bonds. The number of hydrogen-bond acceptors (Lipinski definition) is 4. The zero-order valence-electron chi connectivity index (χ0n) is 11.3. The van der Waals surface area contributed by atoms with Crippen molar-refractivity contribution in [2.45, 2.75) is 6.10 Å². The van der Waals surface area contributed by atoms with Crippen molar-refractivity contribution in [2.75, 3.05) is 13.2 Å². The zero-order valence-corrected chi connectivity index (χ0v) is 11.3. The predicted molar refractivity (Wildman–Crippen MR) is 76.7 cm³/mol. The van der Waals surface area contributed by atoms with Gasteiger partial charge in [0.1, 0.15) is 25.0 Å². The van der Waals surface area contributed by atoms with Crippen LogP contribution in [0.15, 0.2) is 48.8 Å². The Bertz CT molecular complexity index is 764. The third-order valence-electron chi connectivity index (χ3n) is 3.54. The third kappa shape index (κ3) is 2.11. The molecule has 1 aliphatic rings. The monoisotopic (exact) mass is 282 g/mol. The van der Waals surface area contributed by atoms with Crippen LogP contribution in [0.2, 0.25) is 0 Å². The Morgan fingerprint density at radius 2 is 1.95 bits per heavy atom. The highest BCUT2D eigenvalue weighted by Gasteiger charge is 2.18. The number of pyridine rings is 1. The minimum Gasteiger partial charge on any atom is -0.486 e. The van der Waals surface area contributed by atoms with E-state index in [2.05, 4.69) is 4.98 Å². The van der Waals surface area contributed by atoms with Gasteiger partial charge in [-0.2, -0.15) is 0 Å². The lowest BCUT2D eigenvalue weighted by Gasteiger charge is -2.19. The van der Waals surface area contributed by atoms with Crippen LogP contribution in [0, 0.1) is 0 Å². The fraction of sp³-hybridized carbons (Fsp3) is 0.188. The van der Waals surface area contributed by atoms with Crippen molar-refractivity contribution < 1.29 is 14.6 Å². The minimum absolute atomic E-state index is 0.529. The molecule has 1 N–H and O–H groups in total. The van der Waals surface area contributed by atoms with Gasteiger partial charge in [-0.25, -0.2) is 4.98 Å². The maximum absolute atomic E-state index is 10.5. The molecular weight excluding hydrogens is 268 g/mol. The second-order valence-corrected chi connectivity index (χ2v) is 4.94. The smallest absolute Gasteiger partial charge is 0.161 e. The number of benzene rings is 1. The summed E-state index contributed by atoms with van der Waals surface area (Å²) < 4.78 is 12.9. The summed E-state index contributed by atoms with van der Waals surface area (Å²) in [7, 11) is 0. The van der Waals surface area contributed by atoms with Crippen molar-refractivity contribution in [1.29, 1.82) is 0 Å². The number of nitrogens with zero attached hydrogens (tertiary/aromatic N) is 2. The Labute approximate surface area is 121 Å². The number of fused-ring (bicyclic) bond motifs is 2. The fourth-order valence-corrected chi connectivity index (χ4v) is 2.49. The van der Waals surface area contributed by atoms with Gasteiger partial charge >= 0.3 is 0 Å². The quantitative estimate of drug-likeness (QED) is 0.783. The van der Waals surface area contributed by atoms with Crippen LogP contribution in [-0.4, -0.2) is 27.7 Å². The van der Waals surface area contributed by atoms with Crippen molar-refractivity contribution in [3.63, 3.8) is 0 Å². The van der Waals surface area contributed by atoms with Crippen molar-refractivity contribution in [3.8, 4) is 11.5 Å². The van der Waals surface area contributed by atoms with E-state index in [0.29, 0.717) is 30.4 Å². The molecule has 4 rings (SSSR count). The van der Waals surface area contributed by atoms with E-state index in [1.165, 1.54) is 0 Å². The first kappa shape index (κ1) is 12.2. The maximum Gasteiger partial charge on any atom is 0.161 e. The minimum atomic E-state index is -0.791. The van der Waals surface area contributed by atoms with Crippen LogP contribution in [0.25, 0.3) is 5.65 Å². The lowest BCUT2D eigenvalue weighted by molar-refractivity contribution is 0.169. The number of aliphatic hydroxyl groups excluding tert-OH is 1. The van der Waals surface area contributed by atoms with E-state index >= 15 is 0 Å². The molecule has 0 spiro atoms. The molecule has 1 aromatic carbocycles. The van der Waals surface area contributed by atoms with Crippen LogP contribution in [0.5, 0.6) is 11.5 Å². The summed E-state index contributed by atoms with van der Waals surface area (Å²) in [5.74, 6) is 1.38. The van der Waals surface area contributed by atoms with Crippen LogP contribution in [-0.2, 0) is 0 Å². The van der Waals surface area contributed by atoms with Gasteiger partial charge in [0, 0.05) is 12.4 Å². The van der Waals surface area contributed by atoms with E-state index in [9.17, 15) is 5.11 Å². The van der Waals surface area contributed by atoms with E-state index in [4.69, 9.17) is 9.47 Å². The maximum atomic E-state index is 10.5. The van der Waals surface area contributed by atoms with Crippen molar-refractivity contribution in [3.05, 3.63) is 60.0 Å². The molecule has 0 radical (unpaired) electrons. The molecule has 0 saturated heterocycles. The Morgan fingerprint density at radius 1 is 1.10 bits per heavy atom. The van der Waals surface area contributed by atoms with Gasteiger partial charge < -0.3 is 19.0 Å². The first-order valence-corrected chi connectivity index (χ1v) is 6.82. The van der Waals surface area contributed by atoms with Crippen molar-refractivity contribution >= 4 is 5.65 Å². The van der Waals surface area contributed by atoms with Crippen LogP contribution >= 0.6 is 0 Å². The molecule has 3 heterocycles. The SMILES string of the molecule is OC(c1ccc2c(c1)OCCO2)c1cn2ccccc2n1. The Balaban J connectivity index is 1.71. The molecule has 5 nitrogen and oxygen atoms in total. The number of rotatable bonds is 2. The molecule has 0 bridgehead atoms. The highest BCUT2D eigenvalue weighted by atomic mass is 16.6. The van der Waals surface area contributed by atoms with Gasteiger partial charge in [-0.3, -0.25) is 0 Å². The predicted octanol–water partition coefficient (Wildman–Crippen LogP) is 2.19. The summed E-state index contributed by atoms with van der Waals surface area (Å²) in [6.07, 6.45) is 2.94. The molecular formula is C16H14N2O3. The normalized spacial score (nSPS) is 15.1. The van der Waals surface area contributed by atoms with E-state index in [1.807, 2.05) is 53.2 Å². The highest BCUT2D eigenvalue weighted by Crippen LogP contribution is 2.34. The average Bonchev–Trinajstić information content (AvgIpc) is 2.97. The van der Waals surface area contributed by atoms with Gasteiger partial charge in [0.2, 0.25) is 0 Å².